The average molecular weight is 509 g/mol. The zero-order valence-corrected chi connectivity index (χ0v) is 19.3. The molecule has 1 aromatic carbocycles. The van der Waals surface area contributed by atoms with E-state index in [4.69, 9.17) is 4.74 Å². The predicted molar refractivity (Wildman–Crippen MR) is 118 cm³/mol. The van der Waals surface area contributed by atoms with Crippen molar-refractivity contribution in [2.24, 2.45) is 12.0 Å². The fourth-order valence-corrected chi connectivity index (χ4v) is 4.30. The lowest BCUT2D eigenvalue weighted by Gasteiger charge is -2.30. The van der Waals surface area contributed by atoms with E-state index < -0.39 is 61.1 Å². The summed E-state index contributed by atoms with van der Waals surface area (Å²) in [6.45, 7) is 0.279. The summed E-state index contributed by atoms with van der Waals surface area (Å²) < 4.78 is 62.9. The summed E-state index contributed by atoms with van der Waals surface area (Å²) in [5.41, 5.74) is 0.00417. The van der Waals surface area contributed by atoms with Gasteiger partial charge in [-0.25, -0.2) is 27.3 Å². The molecule has 0 amide bonds. The topological polar surface area (TPSA) is 109 Å². The van der Waals surface area contributed by atoms with Crippen molar-refractivity contribution in [3.63, 3.8) is 0 Å². The largest absolute Gasteiger partial charge is 0.480 e. The maximum Gasteiger partial charge on any atom is 0.338 e. The summed E-state index contributed by atoms with van der Waals surface area (Å²) >= 11 is 0. The molecule has 192 valence electrons. The van der Waals surface area contributed by atoms with Crippen LogP contribution < -0.4 is 5.32 Å². The number of alkyl halides is 2. The standard InChI is InChI=1S/C23H23F4N5O4/c1-3-36-22(35)17-15(10-32-11-23(26,27)9-16(32)21(33)34)29-19(20-28-6-7-31(20)2)30-18(17)12-4-5-13(24)14(25)8-12/h4-8,16,18H,3,9-11H2,1-2H3,(H,29,30)(H,33,34)/t16-,18-/m0/s1. The number of benzene rings is 1. The number of carboxylic acids is 1. The van der Waals surface area contributed by atoms with Crippen molar-refractivity contribution in [3.05, 3.63) is 64.9 Å². The van der Waals surface area contributed by atoms with Gasteiger partial charge in [-0.3, -0.25) is 14.7 Å². The molecule has 36 heavy (non-hydrogen) atoms. The van der Waals surface area contributed by atoms with Crippen LogP contribution >= 0.6 is 0 Å². The van der Waals surface area contributed by atoms with Crippen molar-refractivity contribution in [1.82, 2.24) is 19.8 Å². The molecular weight excluding hydrogens is 486 g/mol. The maximum absolute atomic E-state index is 14.2. The summed E-state index contributed by atoms with van der Waals surface area (Å²) in [6, 6.07) is 0.288. The zero-order chi connectivity index (χ0) is 26.2. The van der Waals surface area contributed by atoms with Gasteiger partial charge in [0, 0.05) is 38.1 Å². The SMILES string of the molecule is CCOC(=O)C1=C(CN2CC(F)(F)C[C@H]2C(=O)O)NC(c2nccn2C)=N[C@H]1c1ccc(F)c(F)c1. The molecule has 9 nitrogen and oxygen atoms in total. The molecule has 2 N–H and O–H groups in total. The highest BCUT2D eigenvalue weighted by molar-refractivity contribution is 6.01. The van der Waals surface area contributed by atoms with E-state index in [0.717, 1.165) is 17.0 Å². The van der Waals surface area contributed by atoms with Gasteiger partial charge >= 0.3 is 11.9 Å². The second kappa shape index (κ2) is 9.72. The highest BCUT2D eigenvalue weighted by Gasteiger charge is 2.49. The van der Waals surface area contributed by atoms with Crippen LogP contribution in [-0.4, -0.2) is 69.0 Å². The fourth-order valence-electron chi connectivity index (χ4n) is 4.30. The number of likely N-dealkylation sites (tertiary alicyclic amines) is 1. The van der Waals surface area contributed by atoms with Gasteiger partial charge in [0.15, 0.2) is 23.3 Å². The number of carbonyl (C=O) groups is 2. The van der Waals surface area contributed by atoms with Crippen molar-refractivity contribution in [2.75, 3.05) is 19.7 Å². The highest BCUT2D eigenvalue weighted by atomic mass is 19.3. The number of esters is 1. The van der Waals surface area contributed by atoms with Gasteiger partial charge in [0.2, 0.25) is 0 Å². The molecular formula is C23H23F4N5O4. The van der Waals surface area contributed by atoms with Gasteiger partial charge in [-0.1, -0.05) is 6.07 Å². The summed E-state index contributed by atoms with van der Waals surface area (Å²) in [5.74, 6) is -7.39. The van der Waals surface area contributed by atoms with E-state index in [1.54, 1.807) is 24.7 Å². The van der Waals surface area contributed by atoms with Gasteiger partial charge in [-0.15, -0.1) is 0 Å². The fraction of sp³-hybridized carbons (Fsp3) is 0.391. The number of ether oxygens (including phenoxy) is 1. The lowest BCUT2D eigenvalue weighted by molar-refractivity contribution is -0.142. The van der Waals surface area contributed by atoms with Crippen molar-refractivity contribution in [2.45, 2.75) is 31.4 Å². The summed E-state index contributed by atoms with van der Waals surface area (Å²) in [5, 5.41) is 12.4. The number of aliphatic carboxylic acids is 1. The van der Waals surface area contributed by atoms with Crippen molar-refractivity contribution in [1.29, 1.82) is 0 Å². The number of nitrogens with zero attached hydrogens (tertiary/aromatic N) is 4. The summed E-state index contributed by atoms with van der Waals surface area (Å²) in [4.78, 5) is 34.5. The first-order chi connectivity index (χ1) is 17.0. The monoisotopic (exact) mass is 509 g/mol. The molecule has 0 unspecified atom stereocenters. The number of rotatable bonds is 7. The number of amidine groups is 1. The Morgan fingerprint density at radius 2 is 2.03 bits per heavy atom. The molecule has 4 rings (SSSR count). The first-order valence-electron chi connectivity index (χ1n) is 11.0. The Kier molecular flexibility index (Phi) is 6.85. The predicted octanol–water partition coefficient (Wildman–Crippen LogP) is 2.40. The van der Waals surface area contributed by atoms with Crippen molar-refractivity contribution >= 4 is 17.8 Å². The molecule has 2 aromatic rings. The van der Waals surface area contributed by atoms with Crippen LogP contribution in [0.4, 0.5) is 17.6 Å². The summed E-state index contributed by atoms with van der Waals surface area (Å²) in [7, 11) is 1.67. The van der Waals surface area contributed by atoms with E-state index in [2.05, 4.69) is 15.3 Å². The van der Waals surface area contributed by atoms with Crippen LogP contribution in [0.1, 0.15) is 30.8 Å². The number of nitrogens with one attached hydrogen (secondary N) is 1. The lowest BCUT2D eigenvalue weighted by Crippen LogP contribution is -2.44. The van der Waals surface area contributed by atoms with Crippen LogP contribution in [0.3, 0.4) is 0 Å². The van der Waals surface area contributed by atoms with Crippen LogP contribution in [0.5, 0.6) is 0 Å². The first-order valence-corrected chi connectivity index (χ1v) is 11.0. The Morgan fingerprint density at radius 3 is 2.64 bits per heavy atom. The minimum atomic E-state index is -3.25. The Morgan fingerprint density at radius 1 is 1.28 bits per heavy atom. The van der Waals surface area contributed by atoms with Gasteiger partial charge in [0.25, 0.3) is 5.92 Å². The lowest BCUT2D eigenvalue weighted by atomic mass is 9.95. The minimum absolute atomic E-state index is 0.0322. The molecule has 0 bridgehead atoms. The number of hydrogen-bond acceptors (Lipinski definition) is 7. The van der Waals surface area contributed by atoms with E-state index in [0.29, 0.717) is 5.82 Å². The van der Waals surface area contributed by atoms with Crippen LogP contribution in [0.2, 0.25) is 0 Å². The van der Waals surface area contributed by atoms with E-state index in [-0.39, 0.29) is 29.3 Å². The maximum atomic E-state index is 14.2. The molecule has 3 heterocycles. The molecule has 0 spiro atoms. The van der Waals surface area contributed by atoms with Crippen LogP contribution in [0, 0.1) is 11.6 Å². The molecule has 0 aliphatic carbocycles. The van der Waals surface area contributed by atoms with E-state index >= 15 is 0 Å². The summed E-state index contributed by atoms with van der Waals surface area (Å²) in [6.07, 6.45) is 2.22. The number of aliphatic imine (C=N–C) groups is 1. The van der Waals surface area contributed by atoms with Gasteiger partial charge in [0.1, 0.15) is 12.1 Å². The smallest absolute Gasteiger partial charge is 0.338 e. The average Bonchev–Trinajstić information content (AvgIpc) is 3.37. The number of carboxylic acid groups (broad SMARTS) is 1. The van der Waals surface area contributed by atoms with Crippen LogP contribution in [0.15, 0.2) is 46.9 Å². The van der Waals surface area contributed by atoms with Gasteiger partial charge in [-0.05, 0) is 24.6 Å². The molecule has 1 saturated heterocycles. The van der Waals surface area contributed by atoms with Crippen molar-refractivity contribution in [3.8, 4) is 0 Å². The highest BCUT2D eigenvalue weighted by Crippen LogP contribution is 2.36. The Bertz CT molecular complexity index is 1260. The van der Waals surface area contributed by atoms with Gasteiger partial charge in [0.05, 0.1) is 18.7 Å². The first kappa shape index (κ1) is 25.4. The molecule has 1 aromatic heterocycles. The van der Waals surface area contributed by atoms with Crippen LogP contribution in [0.25, 0.3) is 0 Å². The number of hydrogen-bond donors (Lipinski definition) is 2. The molecule has 13 heteroatoms. The normalized spacial score (nSPS) is 21.8. The number of imidazole rings is 1. The number of aromatic nitrogens is 2. The minimum Gasteiger partial charge on any atom is -0.480 e. The molecule has 1 fully saturated rings. The van der Waals surface area contributed by atoms with Gasteiger partial charge < -0.3 is 19.7 Å². The number of carbonyl (C=O) groups excluding carboxylic acids is 1. The Hall–Kier alpha value is -3.74. The molecule has 2 aliphatic heterocycles. The Labute approximate surface area is 203 Å². The van der Waals surface area contributed by atoms with E-state index in [9.17, 15) is 32.3 Å². The number of aryl methyl sites for hydroxylation is 1. The van der Waals surface area contributed by atoms with E-state index in [1.165, 1.54) is 12.3 Å². The third-order valence-corrected chi connectivity index (χ3v) is 5.93. The second-order valence-electron chi connectivity index (χ2n) is 8.47. The molecule has 2 aliphatic rings. The molecule has 2 atom stereocenters. The molecule has 0 radical (unpaired) electrons. The quantitative estimate of drug-likeness (QED) is 0.436. The molecule has 0 saturated carbocycles. The van der Waals surface area contributed by atoms with Gasteiger partial charge in [-0.2, -0.15) is 0 Å². The zero-order valence-electron chi connectivity index (χ0n) is 19.3. The number of halogens is 4. The third kappa shape index (κ3) is 4.96. The van der Waals surface area contributed by atoms with Crippen LogP contribution in [-0.2, 0) is 21.4 Å². The third-order valence-electron chi connectivity index (χ3n) is 5.93. The van der Waals surface area contributed by atoms with Crippen molar-refractivity contribution < 1.29 is 37.0 Å². The van der Waals surface area contributed by atoms with E-state index in [1.807, 2.05) is 0 Å². The second-order valence-corrected chi connectivity index (χ2v) is 8.47. The Balaban J connectivity index is 1.86.